The molecule has 0 saturated heterocycles. The van der Waals surface area contributed by atoms with Gasteiger partial charge in [0, 0.05) is 5.56 Å². The minimum absolute atomic E-state index is 0.234. The van der Waals surface area contributed by atoms with Crippen LogP contribution < -0.4 is 0 Å². The minimum Gasteiger partial charge on any atom is -0.403 e. The van der Waals surface area contributed by atoms with Gasteiger partial charge in [0.05, 0.1) is 11.6 Å². The highest BCUT2D eigenvalue weighted by Crippen LogP contribution is 2.39. The molecule has 1 unspecified atom stereocenters. The van der Waals surface area contributed by atoms with Gasteiger partial charge in [-0.25, -0.2) is 4.39 Å². The monoisotopic (exact) mass is 291 g/mol. The molecular formula is C12H13F4NOSi. The Balaban J connectivity index is 3.34. The second-order valence-electron chi connectivity index (χ2n) is 5.00. The Morgan fingerprint density at radius 3 is 2.26 bits per heavy atom. The Morgan fingerprint density at radius 2 is 1.84 bits per heavy atom. The summed E-state index contributed by atoms with van der Waals surface area (Å²) in [6, 6.07) is 4.31. The van der Waals surface area contributed by atoms with Crippen LogP contribution in [0, 0.1) is 17.1 Å². The van der Waals surface area contributed by atoms with Gasteiger partial charge in [-0.2, -0.15) is 18.4 Å². The summed E-state index contributed by atoms with van der Waals surface area (Å²) in [5.74, 6) is -0.831. The van der Waals surface area contributed by atoms with Crippen molar-refractivity contribution in [2.75, 3.05) is 0 Å². The number of rotatable bonds is 3. The average Bonchev–Trinajstić information content (AvgIpc) is 2.23. The first-order valence-corrected chi connectivity index (χ1v) is 8.89. The van der Waals surface area contributed by atoms with Crippen LogP contribution in [0.15, 0.2) is 18.2 Å². The van der Waals surface area contributed by atoms with Crippen molar-refractivity contribution in [1.29, 1.82) is 5.26 Å². The summed E-state index contributed by atoms with van der Waals surface area (Å²) in [4.78, 5) is 0. The van der Waals surface area contributed by atoms with Gasteiger partial charge in [0.15, 0.2) is 14.4 Å². The molecule has 0 heterocycles. The van der Waals surface area contributed by atoms with E-state index >= 15 is 0 Å². The van der Waals surface area contributed by atoms with Crippen molar-refractivity contribution in [3.05, 3.63) is 35.1 Å². The fourth-order valence-electron chi connectivity index (χ4n) is 1.51. The molecule has 0 N–H and O–H groups in total. The molecule has 0 aliphatic rings. The molecular weight excluding hydrogens is 278 g/mol. The summed E-state index contributed by atoms with van der Waals surface area (Å²) in [7, 11) is -2.52. The molecule has 7 heteroatoms. The molecule has 0 saturated carbocycles. The van der Waals surface area contributed by atoms with E-state index in [0.717, 1.165) is 12.1 Å². The molecule has 104 valence electrons. The SMILES string of the molecule is C[Si](C)(C)OC(c1cc(F)ccc1C#N)C(F)(F)F. The quantitative estimate of drug-likeness (QED) is 0.619. The zero-order chi connectivity index (χ0) is 14.8. The summed E-state index contributed by atoms with van der Waals surface area (Å²) in [5.41, 5.74) is -0.709. The van der Waals surface area contributed by atoms with Gasteiger partial charge in [-0.1, -0.05) is 0 Å². The lowest BCUT2D eigenvalue weighted by molar-refractivity contribution is -0.200. The first-order chi connectivity index (χ1) is 8.54. The molecule has 0 aliphatic heterocycles. The van der Waals surface area contributed by atoms with E-state index in [4.69, 9.17) is 9.69 Å². The van der Waals surface area contributed by atoms with Crippen molar-refractivity contribution < 1.29 is 22.0 Å². The Morgan fingerprint density at radius 1 is 1.26 bits per heavy atom. The molecule has 0 amide bonds. The standard InChI is InChI=1S/C12H13F4NOSi/c1-19(2,3)18-11(12(14,15)16)10-6-9(13)5-4-8(10)7-17/h4-6,11H,1-3H3. The van der Waals surface area contributed by atoms with Crippen LogP contribution in [-0.4, -0.2) is 14.5 Å². The van der Waals surface area contributed by atoms with Crippen LogP contribution in [0.3, 0.4) is 0 Å². The number of nitriles is 1. The van der Waals surface area contributed by atoms with Gasteiger partial charge in [0.2, 0.25) is 0 Å². The number of hydrogen-bond acceptors (Lipinski definition) is 2. The van der Waals surface area contributed by atoms with E-state index in [9.17, 15) is 17.6 Å². The zero-order valence-corrected chi connectivity index (χ0v) is 11.7. The van der Waals surface area contributed by atoms with Crippen molar-refractivity contribution in [3.63, 3.8) is 0 Å². The molecule has 0 radical (unpaired) electrons. The molecule has 0 spiro atoms. The van der Waals surface area contributed by atoms with Crippen LogP contribution in [0.4, 0.5) is 17.6 Å². The third-order valence-corrected chi connectivity index (χ3v) is 3.13. The summed E-state index contributed by atoms with van der Waals surface area (Å²) >= 11 is 0. The summed E-state index contributed by atoms with van der Waals surface area (Å²) in [6.45, 7) is 4.78. The number of alkyl halides is 3. The van der Waals surface area contributed by atoms with Crippen molar-refractivity contribution >= 4 is 8.32 Å². The molecule has 0 aromatic heterocycles. The van der Waals surface area contributed by atoms with Crippen LogP contribution in [0.1, 0.15) is 17.2 Å². The highest BCUT2D eigenvalue weighted by Gasteiger charge is 2.45. The highest BCUT2D eigenvalue weighted by atomic mass is 28.4. The maximum absolute atomic E-state index is 13.1. The lowest BCUT2D eigenvalue weighted by Crippen LogP contribution is -2.35. The molecule has 0 fully saturated rings. The first kappa shape index (κ1) is 15.7. The fourth-order valence-corrected chi connectivity index (χ4v) is 2.48. The number of hydrogen-bond donors (Lipinski definition) is 0. The average molecular weight is 291 g/mol. The summed E-state index contributed by atoms with van der Waals surface area (Å²) in [5, 5.41) is 8.84. The molecule has 19 heavy (non-hydrogen) atoms. The predicted molar refractivity (Wildman–Crippen MR) is 64.3 cm³/mol. The van der Waals surface area contributed by atoms with Crippen molar-refractivity contribution in [2.45, 2.75) is 31.9 Å². The van der Waals surface area contributed by atoms with Crippen LogP contribution >= 0.6 is 0 Å². The Labute approximate surface area is 109 Å². The van der Waals surface area contributed by atoms with Gasteiger partial charge in [0.1, 0.15) is 5.82 Å². The van der Waals surface area contributed by atoms with Crippen LogP contribution in [0.5, 0.6) is 0 Å². The second-order valence-corrected chi connectivity index (χ2v) is 9.46. The molecule has 1 rings (SSSR count). The molecule has 2 nitrogen and oxygen atoms in total. The third kappa shape index (κ3) is 4.33. The molecule has 0 aliphatic carbocycles. The smallest absolute Gasteiger partial charge is 0.403 e. The second kappa shape index (κ2) is 5.31. The minimum atomic E-state index is -4.69. The maximum Gasteiger partial charge on any atom is 0.417 e. The normalized spacial score (nSPS) is 14.0. The van der Waals surface area contributed by atoms with E-state index < -0.39 is 32.0 Å². The van der Waals surface area contributed by atoms with Crippen LogP contribution in [0.2, 0.25) is 19.6 Å². The van der Waals surface area contributed by atoms with Gasteiger partial charge in [-0.05, 0) is 37.8 Å². The van der Waals surface area contributed by atoms with E-state index in [1.807, 2.05) is 0 Å². The van der Waals surface area contributed by atoms with E-state index in [1.165, 1.54) is 0 Å². The number of benzene rings is 1. The van der Waals surface area contributed by atoms with Crippen molar-refractivity contribution in [3.8, 4) is 6.07 Å². The van der Waals surface area contributed by atoms with Gasteiger partial charge in [-0.15, -0.1) is 0 Å². The predicted octanol–water partition coefficient (Wildman–Crippen LogP) is 4.15. The zero-order valence-electron chi connectivity index (χ0n) is 10.7. The Bertz CT molecular complexity index is 502. The van der Waals surface area contributed by atoms with Crippen molar-refractivity contribution in [1.82, 2.24) is 0 Å². The lowest BCUT2D eigenvalue weighted by Gasteiger charge is -2.29. The van der Waals surface area contributed by atoms with E-state index in [1.54, 1.807) is 25.7 Å². The number of halogens is 4. The van der Waals surface area contributed by atoms with Gasteiger partial charge >= 0.3 is 6.18 Å². The summed E-state index contributed by atoms with van der Waals surface area (Å²) in [6.07, 6.45) is -6.97. The van der Waals surface area contributed by atoms with Gasteiger partial charge in [-0.3, -0.25) is 0 Å². The molecule has 1 aromatic carbocycles. The molecule has 1 atom stereocenters. The topological polar surface area (TPSA) is 33.0 Å². The molecule has 0 bridgehead atoms. The van der Waals surface area contributed by atoms with Crippen molar-refractivity contribution in [2.24, 2.45) is 0 Å². The maximum atomic E-state index is 13.1. The largest absolute Gasteiger partial charge is 0.417 e. The number of nitrogens with zero attached hydrogens (tertiary/aromatic N) is 1. The Kier molecular flexibility index (Phi) is 4.38. The van der Waals surface area contributed by atoms with Crippen LogP contribution in [-0.2, 0) is 4.43 Å². The van der Waals surface area contributed by atoms with E-state index in [0.29, 0.717) is 6.07 Å². The first-order valence-electron chi connectivity index (χ1n) is 5.48. The summed E-state index contributed by atoms with van der Waals surface area (Å²) < 4.78 is 57.4. The van der Waals surface area contributed by atoms with E-state index in [-0.39, 0.29) is 5.56 Å². The Hall–Kier alpha value is -1.39. The lowest BCUT2D eigenvalue weighted by atomic mass is 10.0. The molecule has 1 aromatic rings. The third-order valence-electron chi connectivity index (χ3n) is 2.19. The van der Waals surface area contributed by atoms with E-state index in [2.05, 4.69) is 0 Å². The van der Waals surface area contributed by atoms with Gasteiger partial charge < -0.3 is 4.43 Å². The fraction of sp³-hybridized carbons (Fsp3) is 0.417. The van der Waals surface area contributed by atoms with Crippen LogP contribution in [0.25, 0.3) is 0 Å². The van der Waals surface area contributed by atoms with Gasteiger partial charge in [0.25, 0.3) is 0 Å². The highest BCUT2D eigenvalue weighted by molar-refractivity contribution is 6.69.